The Balaban J connectivity index is 1.32. The number of carbonyl (C=O) groups is 2. The highest BCUT2D eigenvalue weighted by Crippen LogP contribution is 2.41. The number of esters is 1. The standard InChI is InChI=1S/C31H24N2O4S3/c32-26-29(35)33-27(31(36)37-28(19-9-3-1-4-10-19)20-11-5-2-6-12-20)21(18-39-30(26)33)15-16-38-25-17-23(34)22-13-7-8-14-24(22)40-25/h1-17,26,28,30H,18,32H2/t26-,30+/m1/s1. The van der Waals surface area contributed by atoms with Gasteiger partial charge in [0, 0.05) is 21.9 Å². The van der Waals surface area contributed by atoms with Gasteiger partial charge in [-0.3, -0.25) is 14.5 Å². The second kappa shape index (κ2) is 11.5. The first-order chi connectivity index (χ1) is 19.5. The summed E-state index contributed by atoms with van der Waals surface area (Å²) in [6.07, 6.45) is 1.18. The monoisotopic (exact) mass is 584 g/mol. The third-order valence-electron chi connectivity index (χ3n) is 6.73. The van der Waals surface area contributed by atoms with Crippen LogP contribution >= 0.6 is 34.9 Å². The van der Waals surface area contributed by atoms with Gasteiger partial charge in [0.2, 0.25) is 5.91 Å². The second-order valence-corrected chi connectivity index (χ2v) is 12.7. The van der Waals surface area contributed by atoms with Gasteiger partial charge in [0.05, 0.1) is 4.21 Å². The average molecular weight is 585 g/mol. The van der Waals surface area contributed by atoms with E-state index in [1.807, 2.05) is 96.4 Å². The number of amides is 1. The molecule has 9 heteroatoms. The lowest BCUT2D eigenvalue weighted by Crippen LogP contribution is -2.68. The molecule has 3 aromatic carbocycles. The van der Waals surface area contributed by atoms with Gasteiger partial charge in [-0.25, -0.2) is 4.79 Å². The number of fused-ring (bicyclic) bond motifs is 2. The number of β-lactam (4-membered cyclic amide) rings is 1. The highest BCUT2D eigenvalue weighted by Gasteiger charge is 2.52. The highest BCUT2D eigenvalue weighted by molar-refractivity contribution is 8.04. The molecule has 1 fully saturated rings. The normalized spacial score (nSPS) is 18.8. The summed E-state index contributed by atoms with van der Waals surface area (Å²) in [5.41, 5.74) is 8.59. The molecule has 1 amide bonds. The number of thioether (sulfide) groups is 2. The lowest BCUT2D eigenvalue weighted by Gasteiger charge is -2.48. The SMILES string of the molecule is N[C@@H]1C(=O)N2C(C(=O)OC(c3ccccc3)c3ccccc3)=C(C=CSc3cc(=O)c4ccccc4s3)CS[C@@H]12. The van der Waals surface area contributed by atoms with Crippen molar-refractivity contribution < 1.29 is 14.3 Å². The van der Waals surface area contributed by atoms with Gasteiger partial charge >= 0.3 is 5.97 Å². The molecule has 0 aliphatic carbocycles. The number of hydrogen-bond acceptors (Lipinski definition) is 8. The molecule has 1 saturated heterocycles. The molecule has 2 aliphatic heterocycles. The lowest BCUT2D eigenvalue weighted by atomic mass is 10.0. The maximum atomic E-state index is 13.8. The molecule has 0 bridgehead atoms. The molecule has 40 heavy (non-hydrogen) atoms. The third kappa shape index (κ3) is 5.13. The molecule has 200 valence electrons. The van der Waals surface area contributed by atoms with Crippen LogP contribution in [0.25, 0.3) is 10.1 Å². The van der Waals surface area contributed by atoms with Crippen LogP contribution in [0.2, 0.25) is 0 Å². The van der Waals surface area contributed by atoms with E-state index in [2.05, 4.69) is 0 Å². The van der Waals surface area contributed by atoms with E-state index in [1.165, 1.54) is 39.8 Å². The average Bonchev–Trinajstić information content (AvgIpc) is 3.00. The van der Waals surface area contributed by atoms with Crippen molar-refractivity contribution in [3.63, 3.8) is 0 Å². The summed E-state index contributed by atoms with van der Waals surface area (Å²) in [6.45, 7) is 0. The molecular weight excluding hydrogens is 561 g/mol. The zero-order valence-electron chi connectivity index (χ0n) is 21.1. The Morgan fingerprint density at radius 3 is 2.33 bits per heavy atom. The van der Waals surface area contributed by atoms with Crippen molar-refractivity contribution in [2.45, 2.75) is 21.7 Å². The predicted molar refractivity (Wildman–Crippen MR) is 162 cm³/mol. The van der Waals surface area contributed by atoms with E-state index in [-0.39, 0.29) is 22.4 Å². The fourth-order valence-electron chi connectivity index (χ4n) is 4.73. The van der Waals surface area contributed by atoms with Crippen molar-refractivity contribution in [3.8, 4) is 0 Å². The van der Waals surface area contributed by atoms with E-state index < -0.39 is 18.1 Å². The van der Waals surface area contributed by atoms with Crippen molar-refractivity contribution in [1.29, 1.82) is 0 Å². The van der Waals surface area contributed by atoms with Gasteiger partial charge in [-0.15, -0.1) is 23.1 Å². The summed E-state index contributed by atoms with van der Waals surface area (Å²) in [7, 11) is 0. The smallest absolute Gasteiger partial charge is 0.356 e. The Morgan fingerprint density at radius 2 is 1.62 bits per heavy atom. The summed E-state index contributed by atoms with van der Waals surface area (Å²) < 4.78 is 7.89. The van der Waals surface area contributed by atoms with Gasteiger partial charge < -0.3 is 10.5 Å². The molecule has 2 N–H and O–H groups in total. The molecule has 3 heterocycles. The summed E-state index contributed by atoms with van der Waals surface area (Å²) >= 11 is 4.45. The lowest BCUT2D eigenvalue weighted by molar-refractivity contribution is -0.153. The van der Waals surface area contributed by atoms with Crippen LogP contribution in [0.15, 0.2) is 123 Å². The van der Waals surface area contributed by atoms with E-state index >= 15 is 0 Å². The van der Waals surface area contributed by atoms with Crippen LogP contribution in [0, 0.1) is 0 Å². The Bertz CT molecular complexity index is 1660. The van der Waals surface area contributed by atoms with E-state index in [4.69, 9.17) is 10.5 Å². The Hall–Kier alpha value is -3.63. The first-order valence-electron chi connectivity index (χ1n) is 12.6. The Kier molecular flexibility index (Phi) is 7.62. The Morgan fingerprint density at radius 1 is 0.975 bits per heavy atom. The predicted octanol–water partition coefficient (Wildman–Crippen LogP) is 5.70. The zero-order valence-corrected chi connectivity index (χ0v) is 23.6. The molecule has 0 radical (unpaired) electrons. The number of carbonyl (C=O) groups excluding carboxylic acids is 2. The molecule has 0 unspecified atom stereocenters. The van der Waals surface area contributed by atoms with E-state index in [0.717, 1.165) is 20.0 Å². The summed E-state index contributed by atoms with van der Waals surface area (Å²) in [4.78, 5) is 40.7. The van der Waals surface area contributed by atoms with Gasteiger partial charge in [0.1, 0.15) is 17.1 Å². The van der Waals surface area contributed by atoms with Crippen LogP contribution in [0.5, 0.6) is 0 Å². The number of nitrogens with zero attached hydrogens (tertiary/aromatic N) is 1. The van der Waals surface area contributed by atoms with Gasteiger partial charge in [-0.05, 0) is 40.3 Å². The first-order valence-corrected chi connectivity index (χ1v) is 15.4. The van der Waals surface area contributed by atoms with Crippen molar-refractivity contribution >= 4 is 56.8 Å². The maximum Gasteiger partial charge on any atom is 0.356 e. The number of benzene rings is 3. The minimum Gasteiger partial charge on any atom is -0.448 e. The fraction of sp³-hybridized carbons (Fsp3) is 0.129. The highest BCUT2D eigenvalue weighted by atomic mass is 32.2. The van der Waals surface area contributed by atoms with Crippen molar-refractivity contribution in [2.75, 3.05) is 5.75 Å². The molecule has 2 aliphatic rings. The molecule has 2 atom stereocenters. The number of rotatable bonds is 7. The second-order valence-electron chi connectivity index (χ2n) is 9.26. The van der Waals surface area contributed by atoms with Crippen LogP contribution in [0.4, 0.5) is 0 Å². The van der Waals surface area contributed by atoms with Gasteiger partial charge in [0.15, 0.2) is 11.5 Å². The van der Waals surface area contributed by atoms with Crippen LogP contribution in [0.1, 0.15) is 17.2 Å². The molecule has 0 saturated carbocycles. The number of allylic oxidation sites excluding steroid dienone is 1. The summed E-state index contributed by atoms with van der Waals surface area (Å²) in [5.74, 6) is -0.381. The summed E-state index contributed by atoms with van der Waals surface area (Å²) in [6, 6.07) is 27.6. The topological polar surface area (TPSA) is 89.7 Å². The fourth-order valence-corrected chi connectivity index (χ4v) is 7.97. The largest absolute Gasteiger partial charge is 0.448 e. The minimum atomic E-state index is -0.651. The van der Waals surface area contributed by atoms with Crippen molar-refractivity contribution in [3.05, 3.63) is 135 Å². The van der Waals surface area contributed by atoms with Crippen LogP contribution in [-0.4, -0.2) is 33.9 Å². The molecule has 6 nitrogen and oxygen atoms in total. The maximum absolute atomic E-state index is 13.8. The zero-order chi connectivity index (χ0) is 27.6. The summed E-state index contributed by atoms with van der Waals surface area (Å²) in [5, 5.41) is 2.24. The van der Waals surface area contributed by atoms with Crippen LogP contribution < -0.4 is 11.2 Å². The third-order valence-corrected chi connectivity index (χ3v) is 10.1. The minimum absolute atomic E-state index is 0.0298. The number of ether oxygens (including phenoxy) is 1. The first kappa shape index (κ1) is 26.6. The number of hydrogen-bond donors (Lipinski definition) is 1. The van der Waals surface area contributed by atoms with E-state index in [9.17, 15) is 14.4 Å². The van der Waals surface area contributed by atoms with Crippen LogP contribution in [0.3, 0.4) is 0 Å². The van der Waals surface area contributed by atoms with Gasteiger partial charge in [-0.1, -0.05) is 84.6 Å². The van der Waals surface area contributed by atoms with Gasteiger partial charge in [0.25, 0.3) is 0 Å². The number of nitrogens with two attached hydrogens (primary N) is 1. The van der Waals surface area contributed by atoms with Crippen molar-refractivity contribution in [2.24, 2.45) is 5.73 Å². The molecule has 0 spiro atoms. The quantitative estimate of drug-likeness (QED) is 0.169. The Labute approximate surface area is 243 Å². The molecular formula is C31H24N2O4S3. The molecule has 4 aromatic rings. The van der Waals surface area contributed by atoms with Crippen molar-refractivity contribution in [1.82, 2.24) is 4.90 Å². The van der Waals surface area contributed by atoms with E-state index in [1.54, 1.807) is 6.07 Å². The van der Waals surface area contributed by atoms with E-state index in [0.29, 0.717) is 16.7 Å². The molecule has 6 rings (SSSR count). The van der Waals surface area contributed by atoms with Crippen LogP contribution in [-0.2, 0) is 14.3 Å². The molecule has 1 aromatic heterocycles. The van der Waals surface area contributed by atoms with Gasteiger partial charge in [-0.2, -0.15) is 0 Å².